The molecule has 0 amide bonds. The third kappa shape index (κ3) is 2.43. The third-order valence-corrected chi connectivity index (χ3v) is 5.41. The first-order chi connectivity index (χ1) is 8.88. The maximum absolute atomic E-state index is 10.9. The van der Waals surface area contributed by atoms with E-state index < -0.39 is 5.60 Å². The van der Waals surface area contributed by atoms with Gasteiger partial charge in [0.25, 0.3) is 0 Å². The fourth-order valence-corrected chi connectivity index (χ4v) is 4.08. The number of aromatic nitrogens is 2. The lowest BCUT2D eigenvalue weighted by molar-refractivity contribution is -0.0709. The number of aliphatic hydroxyl groups is 1. The highest BCUT2D eigenvalue weighted by molar-refractivity contribution is 7.15. The molecule has 1 aliphatic carbocycles. The molecule has 2 unspecified atom stereocenters. The van der Waals surface area contributed by atoms with Crippen LogP contribution in [0.1, 0.15) is 45.7 Å². The van der Waals surface area contributed by atoms with Gasteiger partial charge in [0.1, 0.15) is 0 Å². The van der Waals surface area contributed by atoms with E-state index in [1.54, 1.807) is 11.3 Å². The summed E-state index contributed by atoms with van der Waals surface area (Å²) in [5, 5.41) is 13.0. The average molecular weight is 278 g/mol. The zero-order chi connectivity index (χ0) is 13.7. The van der Waals surface area contributed by atoms with Crippen molar-refractivity contribution < 1.29 is 5.11 Å². The molecule has 3 rings (SSSR count). The van der Waals surface area contributed by atoms with Gasteiger partial charge in [-0.05, 0) is 30.6 Å². The molecule has 1 N–H and O–H groups in total. The van der Waals surface area contributed by atoms with Crippen molar-refractivity contribution in [2.45, 2.75) is 52.1 Å². The van der Waals surface area contributed by atoms with Gasteiger partial charge in [-0.2, -0.15) is 0 Å². The summed E-state index contributed by atoms with van der Waals surface area (Å²) in [6.07, 6.45) is 7.82. The second kappa shape index (κ2) is 4.32. The Balaban J connectivity index is 1.80. The van der Waals surface area contributed by atoms with Crippen LogP contribution in [0.4, 0.5) is 0 Å². The molecule has 2 heterocycles. The van der Waals surface area contributed by atoms with E-state index in [1.165, 1.54) is 0 Å². The van der Waals surface area contributed by atoms with Gasteiger partial charge in [0.2, 0.25) is 0 Å². The SMILES string of the molecule is CC1CC(C)(C)CCC1(O)Cc1cn2ccsc2n1. The second-order valence-electron chi connectivity index (χ2n) is 6.87. The van der Waals surface area contributed by atoms with E-state index in [2.05, 4.69) is 32.0 Å². The number of hydrogen-bond donors (Lipinski definition) is 1. The second-order valence-corrected chi connectivity index (χ2v) is 7.75. The Kier molecular flexibility index (Phi) is 2.98. The van der Waals surface area contributed by atoms with Crippen molar-refractivity contribution in [1.29, 1.82) is 0 Å². The van der Waals surface area contributed by atoms with Crippen LogP contribution >= 0.6 is 11.3 Å². The first-order valence-electron chi connectivity index (χ1n) is 7.01. The summed E-state index contributed by atoms with van der Waals surface area (Å²) in [7, 11) is 0. The molecule has 0 aromatic carbocycles. The summed E-state index contributed by atoms with van der Waals surface area (Å²) in [5.74, 6) is 0.330. The molecule has 104 valence electrons. The van der Waals surface area contributed by atoms with E-state index >= 15 is 0 Å². The lowest BCUT2D eigenvalue weighted by Crippen LogP contribution is -2.45. The van der Waals surface area contributed by atoms with Crippen molar-refractivity contribution in [3.05, 3.63) is 23.5 Å². The van der Waals surface area contributed by atoms with Crippen LogP contribution in [0.5, 0.6) is 0 Å². The Labute approximate surface area is 118 Å². The van der Waals surface area contributed by atoms with Crippen LogP contribution in [-0.2, 0) is 6.42 Å². The van der Waals surface area contributed by atoms with Crippen molar-refractivity contribution in [2.75, 3.05) is 0 Å². The van der Waals surface area contributed by atoms with Crippen LogP contribution in [-0.4, -0.2) is 20.1 Å². The fourth-order valence-electron chi connectivity index (χ4n) is 3.36. The standard InChI is InChI=1S/C15H22N2OS/c1-11-8-14(2,3)4-5-15(11,18)9-12-10-17-6-7-19-13(17)16-12/h6-7,10-11,18H,4-5,8-9H2,1-3H3. The number of thiazole rings is 1. The van der Waals surface area contributed by atoms with E-state index in [4.69, 9.17) is 0 Å². The summed E-state index contributed by atoms with van der Waals surface area (Å²) in [5.41, 5.74) is 0.792. The summed E-state index contributed by atoms with van der Waals surface area (Å²) >= 11 is 1.64. The van der Waals surface area contributed by atoms with E-state index in [-0.39, 0.29) is 0 Å². The third-order valence-electron chi connectivity index (χ3n) is 4.64. The predicted molar refractivity (Wildman–Crippen MR) is 78.5 cm³/mol. The first kappa shape index (κ1) is 13.1. The molecule has 2 atom stereocenters. The molecule has 0 saturated heterocycles. The molecule has 0 radical (unpaired) electrons. The first-order valence-corrected chi connectivity index (χ1v) is 7.89. The minimum atomic E-state index is -0.584. The topological polar surface area (TPSA) is 37.5 Å². The number of hydrogen-bond acceptors (Lipinski definition) is 3. The van der Waals surface area contributed by atoms with Gasteiger partial charge < -0.3 is 5.11 Å². The molecule has 1 saturated carbocycles. The van der Waals surface area contributed by atoms with Crippen molar-refractivity contribution in [3.63, 3.8) is 0 Å². The minimum Gasteiger partial charge on any atom is -0.389 e. The smallest absolute Gasteiger partial charge is 0.193 e. The molecule has 3 nitrogen and oxygen atoms in total. The van der Waals surface area contributed by atoms with Gasteiger partial charge in [-0.3, -0.25) is 4.40 Å². The maximum Gasteiger partial charge on any atom is 0.193 e. The molecule has 0 aliphatic heterocycles. The lowest BCUT2D eigenvalue weighted by atomic mass is 9.64. The van der Waals surface area contributed by atoms with Crippen LogP contribution in [0.15, 0.2) is 17.8 Å². The molecule has 2 aromatic rings. The van der Waals surface area contributed by atoms with Crippen LogP contribution in [0, 0.1) is 11.3 Å². The van der Waals surface area contributed by atoms with Gasteiger partial charge in [-0.15, -0.1) is 11.3 Å². The van der Waals surface area contributed by atoms with Crippen LogP contribution in [0.3, 0.4) is 0 Å². The molecule has 0 spiro atoms. The zero-order valence-electron chi connectivity index (χ0n) is 11.9. The maximum atomic E-state index is 10.9. The lowest BCUT2D eigenvalue weighted by Gasteiger charge is -2.45. The molecular formula is C15H22N2OS. The molecule has 1 aliphatic rings. The van der Waals surface area contributed by atoms with Crippen molar-refractivity contribution in [2.24, 2.45) is 11.3 Å². The van der Waals surface area contributed by atoms with Gasteiger partial charge in [-0.1, -0.05) is 20.8 Å². The Morgan fingerprint density at radius 2 is 2.26 bits per heavy atom. The van der Waals surface area contributed by atoms with Gasteiger partial charge in [0, 0.05) is 24.2 Å². The molecule has 0 bridgehead atoms. The Morgan fingerprint density at radius 1 is 1.47 bits per heavy atom. The Hall–Kier alpha value is -0.870. The van der Waals surface area contributed by atoms with Gasteiger partial charge in [0.05, 0.1) is 11.3 Å². The van der Waals surface area contributed by atoms with Gasteiger partial charge in [0.15, 0.2) is 4.96 Å². The normalized spacial score (nSPS) is 30.8. The number of rotatable bonds is 2. The van der Waals surface area contributed by atoms with Crippen molar-refractivity contribution in [1.82, 2.24) is 9.38 Å². The highest BCUT2D eigenvalue weighted by Crippen LogP contribution is 2.45. The summed E-state index contributed by atoms with van der Waals surface area (Å²) < 4.78 is 2.04. The molecule has 1 fully saturated rings. The molecule has 4 heteroatoms. The van der Waals surface area contributed by atoms with Crippen LogP contribution in [0.25, 0.3) is 4.96 Å². The average Bonchev–Trinajstić information content (AvgIpc) is 2.84. The Morgan fingerprint density at radius 3 is 2.95 bits per heavy atom. The summed E-state index contributed by atoms with van der Waals surface area (Å²) in [6.45, 7) is 6.78. The molecular weight excluding hydrogens is 256 g/mol. The van der Waals surface area contributed by atoms with E-state index in [0.717, 1.165) is 29.9 Å². The summed E-state index contributed by atoms with van der Waals surface area (Å²) in [4.78, 5) is 5.62. The van der Waals surface area contributed by atoms with Crippen molar-refractivity contribution >= 4 is 16.3 Å². The van der Waals surface area contributed by atoms with Crippen molar-refractivity contribution in [3.8, 4) is 0 Å². The zero-order valence-corrected chi connectivity index (χ0v) is 12.7. The number of fused-ring (bicyclic) bond motifs is 1. The fraction of sp³-hybridized carbons (Fsp3) is 0.667. The largest absolute Gasteiger partial charge is 0.389 e. The highest BCUT2D eigenvalue weighted by atomic mass is 32.1. The van der Waals surface area contributed by atoms with Crippen LogP contribution < -0.4 is 0 Å². The van der Waals surface area contributed by atoms with E-state index in [9.17, 15) is 5.11 Å². The quantitative estimate of drug-likeness (QED) is 0.912. The number of imidazole rings is 1. The molecule has 19 heavy (non-hydrogen) atoms. The predicted octanol–water partition coefficient (Wildman–Crippen LogP) is 3.52. The Bertz CT molecular complexity index is 557. The highest BCUT2D eigenvalue weighted by Gasteiger charge is 2.42. The van der Waals surface area contributed by atoms with Gasteiger partial charge in [-0.25, -0.2) is 4.98 Å². The molecule has 2 aromatic heterocycles. The monoisotopic (exact) mass is 278 g/mol. The van der Waals surface area contributed by atoms with Gasteiger partial charge >= 0.3 is 0 Å². The minimum absolute atomic E-state index is 0.330. The van der Waals surface area contributed by atoms with E-state index in [0.29, 0.717) is 17.8 Å². The number of nitrogens with zero attached hydrogens (tertiary/aromatic N) is 2. The van der Waals surface area contributed by atoms with Crippen LogP contribution in [0.2, 0.25) is 0 Å². The summed E-state index contributed by atoms with van der Waals surface area (Å²) in [6, 6.07) is 0. The van der Waals surface area contributed by atoms with E-state index in [1.807, 2.05) is 16.0 Å².